The van der Waals surface area contributed by atoms with Crippen LogP contribution in [0.3, 0.4) is 0 Å². The molecule has 1 fully saturated rings. The summed E-state index contributed by atoms with van der Waals surface area (Å²) in [6.07, 6.45) is 2.23. The molecular formula is C12H23N3O3. The van der Waals surface area contributed by atoms with Crippen LogP contribution in [0.4, 0.5) is 4.79 Å². The fourth-order valence-corrected chi connectivity index (χ4v) is 2.13. The molecule has 0 aromatic heterocycles. The SMILES string of the molecule is CCN1CCCC1CNC(=O)NC(C)(C)C(=O)O. The Kier molecular flexibility index (Phi) is 4.95. The molecule has 18 heavy (non-hydrogen) atoms. The van der Waals surface area contributed by atoms with E-state index < -0.39 is 17.5 Å². The lowest BCUT2D eigenvalue weighted by molar-refractivity contribution is -0.142. The molecule has 0 aliphatic carbocycles. The minimum atomic E-state index is -1.25. The number of rotatable bonds is 5. The highest BCUT2D eigenvalue weighted by molar-refractivity contribution is 5.85. The van der Waals surface area contributed by atoms with Crippen molar-refractivity contribution in [2.75, 3.05) is 19.6 Å². The average molecular weight is 257 g/mol. The summed E-state index contributed by atoms with van der Waals surface area (Å²) >= 11 is 0. The molecule has 0 spiro atoms. The number of likely N-dealkylation sites (N-methyl/N-ethyl adjacent to an activating group) is 1. The van der Waals surface area contributed by atoms with Gasteiger partial charge < -0.3 is 15.7 Å². The van der Waals surface area contributed by atoms with Crippen molar-refractivity contribution in [2.45, 2.75) is 45.2 Å². The summed E-state index contributed by atoms with van der Waals surface area (Å²) in [6, 6.07) is -0.0564. The summed E-state index contributed by atoms with van der Waals surface area (Å²) in [7, 11) is 0. The van der Waals surface area contributed by atoms with Crippen LogP contribution in [0.15, 0.2) is 0 Å². The van der Waals surface area contributed by atoms with Crippen LogP contribution in [0.25, 0.3) is 0 Å². The van der Waals surface area contributed by atoms with Gasteiger partial charge in [0.05, 0.1) is 0 Å². The number of aliphatic carboxylic acids is 1. The van der Waals surface area contributed by atoms with Crippen molar-refractivity contribution >= 4 is 12.0 Å². The molecule has 0 aromatic rings. The molecule has 1 rings (SSSR count). The monoisotopic (exact) mass is 257 g/mol. The first-order chi connectivity index (χ1) is 8.36. The van der Waals surface area contributed by atoms with Crippen LogP contribution in [0.1, 0.15) is 33.6 Å². The van der Waals surface area contributed by atoms with Crippen LogP contribution in [0.2, 0.25) is 0 Å². The lowest BCUT2D eigenvalue weighted by Crippen LogP contribution is -2.54. The molecule has 1 aliphatic heterocycles. The zero-order valence-corrected chi connectivity index (χ0v) is 11.3. The maximum atomic E-state index is 11.6. The number of carboxylic acid groups (broad SMARTS) is 1. The number of carboxylic acids is 1. The first-order valence-corrected chi connectivity index (χ1v) is 6.40. The fraction of sp³-hybridized carbons (Fsp3) is 0.833. The smallest absolute Gasteiger partial charge is 0.328 e. The number of carbonyl (C=O) groups is 2. The van der Waals surface area contributed by atoms with Crippen LogP contribution >= 0.6 is 0 Å². The van der Waals surface area contributed by atoms with Gasteiger partial charge in [0, 0.05) is 12.6 Å². The second-order valence-corrected chi connectivity index (χ2v) is 5.19. The molecule has 6 heteroatoms. The first kappa shape index (κ1) is 14.8. The Hall–Kier alpha value is -1.30. The molecule has 1 atom stereocenters. The second kappa shape index (κ2) is 6.04. The molecule has 2 amide bonds. The maximum absolute atomic E-state index is 11.6. The lowest BCUT2D eigenvalue weighted by atomic mass is 10.1. The van der Waals surface area contributed by atoms with E-state index in [1.807, 2.05) is 0 Å². The largest absolute Gasteiger partial charge is 0.480 e. The minimum absolute atomic E-state index is 0.369. The van der Waals surface area contributed by atoms with E-state index in [2.05, 4.69) is 22.5 Å². The Bertz CT molecular complexity index is 318. The van der Waals surface area contributed by atoms with E-state index in [1.165, 1.54) is 13.8 Å². The number of nitrogens with one attached hydrogen (secondary N) is 2. The number of hydrogen-bond donors (Lipinski definition) is 3. The fourth-order valence-electron chi connectivity index (χ4n) is 2.13. The third-order valence-electron chi connectivity index (χ3n) is 3.36. The van der Waals surface area contributed by atoms with Crippen molar-refractivity contribution in [3.63, 3.8) is 0 Å². The predicted octanol–water partition coefficient (Wildman–Crippen LogP) is 0.633. The number of likely N-dealkylation sites (tertiary alicyclic amines) is 1. The van der Waals surface area contributed by atoms with E-state index in [0.29, 0.717) is 12.6 Å². The standard InChI is InChI=1S/C12H23N3O3/c1-4-15-7-5-6-9(15)8-13-11(18)14-12(2,3)10(16)17/h9H,4-8H2,1-3H3,(H,16,17)(H2,13,14,18). The van der Waals surface area contributed by atoms with Crippen molar-refractivity contribution in [1.82, 2.24) is 15.5 Å². The molecule has 0 bridgehead atoms. The van der Waals surface area contributed by atoms with Gasteiger partial charge in [-0.05, 0) is 39.8 Å². The van der Waals surface area contributed by atoms with Crippen LogP contribution in [0, 0.1) is 0 Å². The number of carbonyl (C=O) groups excluding carboxylic acids is 1. The van der Waals surface area contributed by atoms with Crippen LogP contribution in [-0.2, 0) is 4.79 Å². The van der Waals surface area contributed by atoms with Gasteiger partial charge in [0.1, 0.15) is 5.54 Å². The van der Waals surface area contributed by atoms with Gasteiger partial charge in [-0.2, -0.15) is 0 Å². The van der Waals surface area contributed by atoms with E-state index in [9.17, 15) is 9.59 Å². The molecule has 1 heterocycles. The molecule has 1 unspecified atom stereocenters. The average Bonchev–Trinajstić information content (AvgIpc) is 2.72. The highest BCUT2D eigenvalue weighted by atomic mass is 16.4. The third kappa shape index (κ3) is 3.87. The zero-order valence-electron chi connectivity index (χ0n) is 11.3. The van der Waals surface area contributed by atoms with Crippen molar-refractivity contribution in [2.24, 2.45) is 0 Å². The normalized spacial score (nSPS) is 20.7. The maximum Gasteiger partial charge on any atom is 0.328 e. The minimum Gasteiger partial charge on any atom is -0.480 e. The topological polar surface area (TPSA) is 81.7 Å². The molecule has 1 aliphatic rings. The van der Waals surface area contributed by atoms with Gasteiger partial charge in [-0.1, -0.05) is 6.92 Å². The summed E-state index contributed by atoms with van der Waals surface area (Å²) in [6.45, 7) is 7.65. The van der Waals surface area contributed by atoms with Gasteiger partial charge in [0.25, 0.3) is 0 Å². The van der Waals surface area contributed by atoms with E-state index >= 15 is 0 Å². The highest BCUT2D eigenvalue weighted by Crippen LogP contribution is 2.15. The van der Waals surface area contributed by atoms with Crippen LogP contribution in [0.5, 0.6) is 0 Å². The van der Waals surface area contributed by atoms with Gasteiger partial charge in [-0.3, -0.25) is 4.90 Å². The molecule has 0 saturated carbocycles. The quantitative estimate of drug-likeness (QED) is 0.675. The molecular weight excluding hydrogens is 234 g/mol. The summed E-state index contributed by atoms with van der Waals surface area (Å²) in [5.41, 5.74) is -1.25. The summed E-state index contributed by atoms with van der Waals surface area (Å²) in [4.78, 5) is 24.8. The van der Waals surface area contributed by atoms with Gasteiger partial charge in [0.15, 0.2) is 0 Å². The zero-order chi connectivity index (χ0) is 13.8. The summed E-state index contributed by atoms with van der Waals surface area (Å²) in [5.74, 6) is -1.05. The van der Waals surface area contributed by atoms with Gasteiger partial charge in [-0.25, -0.2) is 9.59 Å². The molecule has 3 N–H and O–H groups in total. The molecule has 0 radical (unpaired) electrons. The third-order valence-corrected chi connectivity index (χ3v) is 3.36. The van der Waals surface area contributed by atoms with Crippen molar-refractivity contribution in [1.29, 1.82) is 0 Å². The molecule has 0 aromatic carbocycles. The van der Waals surface area contributed by atoms with E-state index in [0.717, 1.165) is 25.9 Å². The second-order valence-electron chi connectivity index (χ2n) is 5.19. The lowest BCUT2D eigenvalue weighted by Gasteiger charge is -2.25. The van der Waals surface area contributed by atoms with E-state index in [-0.39, 0.29) is 0 Å². The Morgan fingerprint density at radius 3 is 2.67 bits per heavy atom. The summed E-state index contributed by atoms with van der Waals surface area (Å²) < 4.78 is 0. The van der Waals surface area contributed by atoms with Gasteiger partial charge >= 0.3 is 12.0 Å². The Labute approximate surface area is 108 Å². The van der Waals surface area contributed by atoms with Crippen LogP contribution in [-0.4, -0.2) is 53.2 Å². The van der Waals surface area contributed by atoms with E-state index in [4.69, 9.17) is 5.11 Å². The Balaban J connectivity index is 2.35. The number of nitrogens with zero attached hydrogens (tertiary/aromatic N) is 1. The van der Waals surface area contributed by atoms with E-state index in [1.54, 1.807) is 0 Å². The van der Waals surface area contributed by atoms with Crippen molar-refractivity contribution in [3.05, 3.63) is 0 Å². The van der Waals surface area contributed by atoms with Crippen molar-refractivity contribution < 1.29 is 14.7 Å². The molecule has 6 nitrogen and oxygen atoms in total. The number of amides is 2. The Morgan fingerprint density at radius 2 is 2.11 bits per heavy atom. The summed E-state index contributed by atoms with van der Waals surface area (Å²) in [5, 5.41) is 14.1. The van der Waals surface area contributed by atoms with Crippen LogP contribution < -0.4 is 10.6 Å². The number of hydrogen-bond acceptors (Lipinski definition) is 3. The van der Waals surface area contributed by atoms with Gasteiger partial charge in [0.2, 0.25) is 0 Å². The number of urea groups is 1. The van der Waals surface area contributed by atoms with Gasteiger partial charge in [-0.15, -0.1) is 0 Å². The highest BCUT2D eigenvalue weighted by Gasteiger charge is 2.29. The Morgan fingerprint density at radius 1 is 1.44 bits per heavy atom. The molecule has 104 valence electrons. The van der Waals surface area contributed by atoms with Crippen molar-refractivity contribution in [3.8, 4) is 0 Å². The first-order valence-electron chi connectivity index (χ1n) is 6.40. The predicted molar refractivity (Wildman–Crippen MR) is 68.5 cm³/mol. The molecule has 1 saturated heterocycles.